The Kier molecular flexibility index (Phi) is 8.25. The number of rotatable bonds is 7. The number of carbonyl (C=O) groups excluding carboxylic acids is 2. The number of hydrogen-bond acceptors (Lipinski definition) is 5. The van der Waals surface area contributed by atoms with Crippen LogP contribution in [0.2, 0.25) is 0 Å². The van der Waals surface area contributed by atoms with Crippen LogP contribution in [0.25, 0.3) is 0 Å². The molecule has 1 aliphatic rings. The van der Waals surface area contributed by atoms with Crippen molar-refractivity contribution in [2.75, 3.05) is 58.8 Å². The van der Waals surface area contributed by atoms with Crippen LogP contribution in [0.15, 0.2) is 48.5 Å². The maximum absolute atomic E-state index is 12.5. The second kappa shape index (κ2) is 11.1. The van der Waals surface area contributed by atoms with E-state index in [4.69, 9.17) is 0 Å². The number of likely N-dealkylation sites (N-methyl/N-ethyl adjacent to an activating group) is 1. The molecule has 1 aliphatic heterocycles. The van der Waals surface area contributed by atoms with Crippen LogP contribution in [-0.4, -0.2) is 75.5 Å². The van der Waals surface area contributed by atoms with E-state index < -0.39 is 11.8 Å². The van der Waals surface area contributed by atoms with Crippen molar-refractivity contribution in [3.8, 4) is 0 Å². The van der Waals surface area contributed by atoms with Crippen molar-refractivity contribution < 1.29 is 9.59 Å². The lowest BCUT2D eigenvalue weighted by Gasteiger charge is -2.38. The molecular weight excluding hydrogens is 402 g/mol. The molecule has 32 heavy (non-hydrogen) atoms. The largest absolute Gasteiger partial charge is 0.378 e. The van der Waals surface area contributed by atoms with E-state index in [2.05, 4.69) is 56.6 Å². The minimum absolute atomic E-state index is 0.0220. The van der Waals surface area contributed by atoms with Crippen LogP contribution in [0, 0.1) is 6.92 Å². The minimum Gasteiger partial charge on any atom is -0.378 e. The van der Waals surface area contributed by atoms with Crippen LogP contribution >= 0.6 is 0 Å². The Morgan fingerprint density at radius 2 is 1.50 bits per heavy atom. The van der Waals surface area contributed by atoms with Crippen molar-refractivity contribution in [1.82, 2.24) is 20.4 Å². The minimum atomic E-state index is -0.606. The first-order valence-corrected chi connectivity index (χ1v) is 11.1. The molecule has 7 heteroatoms. The molecule has 172 valence electrons. The molecule has 2 aromatic carbocycles. The summed E-state index contributed by atoms with van der Waals surface area (Å²) in [6.07, 6.45) is 0. The van der Waals surface area contributed by atoms with Crippen molar-refractivity contribution in [3.63, 3.8) is 0 Å². The van der Waals surface area contributed by atoms with Crippen LogP contribution in [0.3, 0.4) is 0 Å². The highest BCUT2D eigenvalue weighted by molar-refractivity contribution is 6.35. The number of amides is 2. The first-order chi connectivity index (χ1) is 15.3. The van der Waals surface area contributed by atoms with Crippen molar-refractivity contribution in [2.45, 2.75) is 19.5 Å². The van der Waals surface area contributed by atoms with Gasteiger partial charge in [0.05, 0.1) is 6.04 Å². The summed E-state index contributed by atoms with van der Waals surface area (Å²) < 4.78 is 0. The Labute approximate surface area is 191 Å². The lowest BCUT2D eigenvalue weighted by atomic mass is 10.0. The van der Waals surface area contributed by atoms with E-state index in [1.807, 2.05) is 45.3 Å². The van der Waals surface area contributed by atoms with Gasteiger partial charge in [-0.05, 0) is 37.2 Å². The highest BCUT2D eigenvalue weighted by Gasteiger charge is 2.25. The first-order valence-electron chi connectivity index (χ1n) is 11.1. The molecule has 2 amide bonds. The van der Waals surface area contributed by atoms with Gasteiger partial charge >= 0.3 is 11.8 Å². The molecule has 0 unspecified atom stereocenters. The topological polar surface area (TPSA) is 67.9 Å². The molecule has 2 N–H and O–H groups in total. The average Bonchev–Trinajstić information content (AvgIpc) is 2.80. The van der Waals surface area contributed by atoms with Crippen molar-refractivity contribution in [2.24, 2.45) is 0 Å². The lowest BCUT2D eigenvalue weighted by molar-refractivity contribution is -0.139. The number of hydrogen-bond donors (Lipinski definition) is 2. The SMILES string of the molecule is Cc1ccc(CNC(=O)C(=O)NC[C@H](c2ccc(N(C)C)cc2)N2CCN(C)CC2)cc1. The number of benzene rings is 2. The zero-order valence-electron chi connectivity index (χ0n) is 19.6. The van der Waals surface area contributed by atoms with E-state index in [1.54, 1.807) is 0 Å². The molecule has 1 atom stereocenters. The first kappa shape index (κ1) is 23.8. The summed E-state index contributed by atoms with van der Waals surface area (Å²) in [5.74, 6) is -1.20. The molecule has 1 heterocycles. The van der Waals surface area contributed by atoms with Gasteiger partial charge in [0.15, 0.2) is 0 Å². The smallest absolute Gasteiger partial charge is 0.309 e. The van der Waals surface area contributed by atoms with E-state index in [1.165, 1.54) is 0 Å². The molecule has 2 aromatic rings. The highest BCUT2D eigenvalue weighted by atomic mass is 16.2. The molecule has 0 bridgehead atoms. The van der Waals surface area contributed by atoms with Crippen molar-refractivity contribution in [1.29, 1.82) is 0 Å². The fraction of sp³-hybridized carbons (Fsp3) is 0.440. The molecule has 3 rings (SSSR count). The Morgan fingerprint density at radius 3 is 2.09 bits per heavy atom. The summed E-state index contributed by atoms with van der Waals surface area (Å²) >= 11 is 0. The van der Waals surface area contributed by atoms with Gasteiger partial charge < -0.3 is 20.4 Å². The summed E-state index contributed by atoms with van der Waals surface area (Å²) in [5, 5.41) is 5.57. The number of anilines is 1. The molecule has 0 aliphatic carbocycles. The number of nitrogens with zero attached hydrogens (tertiary/aromatic N) is 3. The summed E-state index contributed by atoms with van der Waals surface area (Å²) in [4.78, 5) is 31.6. The molecule has 0 spiro atoms. The quantitative estimate of drug-likeness (QED) is 0.647. The molecule has 1 fully saturated rings. The van der Waals surface area contributed by atoms with Gasteiger partial charge in [0.1, 0.15) is 0 Å². The highest BCUT2D eigenvalue weighted by Crippen LogP contribution is 2.24. The van der Waals surface area contributed by atoms with Crippen LogP contribution in [0.5, 0.6) is 0 Å². The zero-order chi connectivity index (χ0) is 23.1. The van der Waals surface area contributed by atoms with Crippen LogP contribution in [-0.2, 0) is 16.1 Å². The average molecular weight is 438 g/mol. The van der Waals surface area contributed by atoms with Gasteiger partial charge in [0, 0.05) is 59.1 Å². The fourth-order valence-electron chi connectivity index (χ4n) is 3.82. The van der Waals surface area contributed by atoms with E-state index in [-0.39, 0.29) is 6.04 Å². The van der Waals surface area contributed by atoms with Gasteiger partial charge in [-0.1, -0.05) is 42.0 Å². The van der Waals surface area contributed by atoms with E-state index in [0.717, 1.165) is 48.6 Å². The van der Waals surface area contributed by atoms with Crippen LogP contribution in [0.4, 0.5) is 5.69 Å². The molecule has 0 radical (unpaired) electrons. The molecular formula is C25H35N5O2. The van der Waals surface area contributed by atoms with Gasteiger partial charge in [0.2, 0.25) is 0 Å². The summed E-state index contributed by atoms with van der Waals surface area (Å²) in [6.45, 7) is 6.55. The summed E-state index contributed by atoms with van der Waals surface area (Å²) in [7, 11) is 6.16. The molecule has 1 saturated heterocycles. The van der Waals surface area contributed by atoms with Crippen molar-refractivity contribution >= 4 is 17.5 Å². The monoisotopic (exact) mass is 437 g/mol. The predicted molar refractivity (Wildman–Crippen MR) is 129 cm³/mol. The Morgan fingerprint density at radius 1 is 0.906 bits per heavy atom. The third kappa shape index (κ3) is 6.55. The third-order valence-electron chi connectivity index (χ3n) is 6.01. The number of nitrogens with one attached hydrogen (secondary N) is 2. The van der Waals surface area contributed by atoms with Crippen LogP contribution in [0.1, 0.15) is 22.7 Å². The van der Waals surface area contributed by atoms with E-state index >= 15 is 0 Å². The second-order valence-corrected chi connectivity index (χ2v) is 8.72. The predicted octanol–water partition coefficient (Wildman–Crippen LogP) is 1.78. The maximum atomic E-state index is 12.5. The van der Waals surface area contributed by atoms with Crippen molar-refractivity contribution in [3.05, 3.63) is 65.2 Å². The van der Waals surface area contributed by atoms with E-state index in [0.29, 0.717) is 13.1 Å². The van der Waals surface area contributed by atoms with Gasteiger partial charge in [-0.25, -0.2) is 0 Å². The zero-order valence-corrected chi connectivity index (χ0v) is 19.6. The Balaban J connectivity index is 1.61. The normalized spacial score (nSPS) is 15.8. The molecule has 0 saturated carbocycles. The number of piperazine rings is 1. The fourth-order valence-corrected chi connectivity index (χ4v) is 3.82. The van der Waals surface area contributed by atoms with Gasteiger partial charge in [0.25, 0.3) is 0 Å². The van der Waals surface area contributed by atoms with Gasteiger partial charge in [-0.2, -0.15) is 0 Å². The van der Waals surface area contributed by atoms with Gasteiger partial charge in [-0.15, -0.1) is 0 Å². The number of carbonyl (C=O) groups is 2. The van der Waals surface area contributed by atoms with Crippen LogP contribution < -0.4 is 15.5 Å². The van der Waals surface area contributed by atoms with E-state index in [9.17, 15) is 9.59 Å². The standard InChI is InChI=1S/C25H35N5O2/c1-19-5-7-20(8-6-19)17-26-24(31)25(32)27-18-23(30-15-13-29(4)14-16-30)21-9-11-22(12-10-21)28(2)3/h5-12,23H,13-18H2,1-4H3,(H,26,31)(H,27,32)/t23-/m1/s1. The Hall–Kier alpha value is -2.90. The second-order valence-electron chi connectivity index (χ2n) is 8.72. The summed E-state index contributed by atoms with van der Waals surface area (Å²) in [6, 6.07) is 16.3. The Bertz CT molecular complexity index is 888. The lowest BCUT2D eigenvalue weighted by Crippen LogP contribution is -2.49. The molecule has 7 nitrogen and oxygen atoms in total. The maximum Gasteiger partial charge on any atom is 0.309 e. The van der Waals surface area contributed by atoms with Gasteiger partial charge in [-0.3, -0.25) is 14.5 Å². The third-order valence-corrected chi connectivity index (χ3v) is 6.01. The number of aryl methyl sites for hydroxylation is 1. The summed E-state index contributed by atoms with van der Waals surface area (Å²) in [5.41, 5.74) is 4.39. The molecule has 0 aromatic heterocycles.